The van der Waals surface area contributed by atoms with Crippen LogP contribution in [0.3, 0.4) is 0 Å². The van der Waals surface area contributed by atoms with Gasteiger partial charge in [-0.15, -0.1) is 0 Å². The van der Waals surface area contributed by atoms with Crippen LogP contribution in [0.1, 0.15) is 6.92 Å². The van der Waals surface area contributed by atoms with Gasteiger partial charge in [0.05, 0.1) is 12.5 Å². The first-order valence-corrected chi connectivity index (χ1v) is 7.34. The Morgan fingerprint density at radius 1 is 1.23 bits per heavy atom. The van der Waals surface area contributed by atoms with Gasteiger partial charge in [0.25, 0.3) is 0 Å². The Hall–Kier alpha value is -2.08. The van der Waals surface area contributed by atoms with Gasteiger partial charge in [0.2, 0.25) is 5.91 Å². The largest absolute Gasteiger partial charge is 0.491 e. The summed E-state index contributed by atoms with van der Waals surface area (Å²) in [6.07, 6.45) is 0. The first-order valence-electron chi connectivity index (χ1n) is 7.34. The van der Waals surface area contributed by atoms with Crippen LogP contribution in [0.15, 0.2) is 30.3 Å². The molecule has 2 atom stereocenters. The number of rotatable bonds is 7. The van der Waals surface area contributed by atoms with Crippen molar-refractivity contribution in [1.29, 1.82) is 0 Å². The summed E-state index contributed by atoms with van der Waals surface area (Å²) in [5.41, 5.74) is 0. The zero-order valence-electron chi connectivity index (χ0n) is 12.6. The summed E-state index contributed by atoms with van der Waals surface area (Å²) in [4.78, 5) is 24.5. The molecule has 22 heavy (non-hydrogen) atoms. The second-order valence-corrected chi connectivity index (χ2v) is 5.43. The van der Waals surface area contributed by atoms with Gasteiger partial charge < -0.3 is 19.5 Å². The van der Waals surface area contributed by atoms with Crippen molar-refractivity contribution in [3.05, 3.63) is 30.3 Å². The van der Waals surface area contributed by atoms with E-state index in [1.54, 1.807) is 4.90 Å². The fourth-order valence-electron chi connectivity index (χ4n) is 2.48. The average molecular weight is 307 g/mol. The lowest BCUT2D eigenvalue weighted by atomic mass is 9.99. The maximum atomic E-state index is 12.0. The molecule has 1 amide bonds. The Kier molecular flexibility index (Phi) is 5.77. The van der Waals surface area contributed by atoms with Gasteiger partial charge in [-0.2, -0.15) is 0 Å². The molecule has 120 valence electrons. The number of carboxylic acids is 1. The smallest absolute Gasteiger partial charge is 0.308 e. The van der Waals surface area contributed by atoms with Crippen molar-refractivity contribution in [2.45, 2.75) is 6.92 Å². The number of aliphatic carboxylic acids is 1. The number of benzene rings is 1. The van der Waals surface area contributed by atoms with Crippen molar-refractivity contribution in [2.75, 3.05) is 32.9 Å². The van der Waals surface area contributed by atoms with Crippen LogP contribution in [0.2, 0.25) is 0 Å². The summed E-state index contributed by atoms with van der Waals surface area (Å²) in [5.74, 6) is -0.765. The van der Waals surface area contributed by atoms with Crippen LogP contribution in [0.4, 0.5) is 0 Å². The van der Waals surface area contributed by atoms with Gasteiger partial charge in [-0.05, 0) is 18.1 Å². The van der Waals surface area contributed by atoms with E-state index in [2.05, 4.69) is 0 Å². The number of carbonyl (C=O) groups is 2. The van der Waals surface area contributed by atoms with Crippen LogP contribution in [-0.4, -0.2) is 54.8 Å². The number of likely N-dealkylation sites (tertiary alicyclic amines) is 1. The Morgan fingerprint density at radius 2 is 1.95 bits per heavy atom. The molecule has 1 heterocycles. The number of carboxylic acid groups (broad SMARTS) is 1. The topological polar surface area (TPSA) is 76.1 Å². The van der Waals surface area contributed by atoms with Crippen molar-refractivity contribution in [3.63, 3.8) is 0 Å². The van der Waals surface area contributed by atoms with Gasteiger partial charge in [0.15, 0.2) is 0 Å². The SMILES string of the molecule is C[C@@H]1CN(C(=O)COCCOc2ccccc2)C[C@H]1C(=O)O. The lowest BCUT2D eigenvalue weighted by Crippen LogP contribution is -2.33. The summed E-state index contributed by atoms with van der Waals surface area (Å²) >= 11 is 0. The van der Waals surface area contributed by atoms with Gasteiger partial charge in [0.1, 0.15) is 19.0 Å². The van der Waals surface area contributed by atoms with Crippen LogP contribution in [0.25, 0.3) is 0 Å². The molecule has 0 bridgehead atoms. The van der Waals surface area contributed by atoms with Crippen molar-refractivity contribution in [1.82, 2.24) is 4.90 Å². The van der Waals surface area contributed by atoms with Crippen LogP contribution in [0.5, 0.6) is 5.75 Å². The first-order chi connectivity index (χ1) is 10.6. The number of carbonyl (C=O) groups excluding carboxylic acids is 1. The molecule has 0 aliphatic carbocycles. The van der Waals surface area contributed by atoms with Gasteiger partial charge in [-0.3, -0.25) is 9.59 Å². The van der Waals surface area contributed by atoms with Crippen molar-refractivity contribution < 1.29 is 24.2 Å². The van der Waals surface area contributed by atoms with E-state index in [1.165, 1.54) is 0 Å². The first kappa shape index (κ1) is 16.3. The summed E-state index contributed by atoms with van der Waals surface area (Å²) in [6.45, 7) is 3.22. The lowest BCUT2D eigenvalue weighted by Gasteiger charge is -2.16. The number of hydrogen-bond acceptors (Lipinski definition) is 4. The predicted molar refractivity (Wildman–Crippen MR) is 79.6 cm³/mol. The molecule has 6 nitrogen and oxygen atoms in total. The van der Waals surface area contributed by atoms with Crippen LogP contribution in [0, 0.1) is 11.8 Å². The van der Waals surface area contributed by atoms with Gasteiger partial charge in [-0.1, -0.05) is 25.1 Å². The Morgan fingerprint density at radius 3 is 2.59 bits per heavy atom. The highest BCUT2D eigenvalue weighted by atomic mass is 16.5. The molecule has 1 aromatic carbocycles. The minimum Gasteiger partial charge on any atom is -0.491 e. The van der Waals surface area contributed by atoms with Gasteiger partial charge >= 0.3 is 5.97 Å². The molecular formula is C16H21NO5. The monoisotopic (exact) mass is 307 g/mol. The standard InChI is InChI=1S/C16H21NO5/c1-12-9-17(10-14(12)16(19)20)15(18)11-21-7-8-22-13-5-3-2-4-6-13/h2-6,12,14H,7-11H2,1H3,(H,19,20)/t12-,14-/m1/s1. The number of amides is 1. The number of hydrogen-bond donors (Lipinski definition) is 1. The molecule has 2 rings (SSSR count). The highest BCUT2D eigenvalue weighted by molar-refractivity contribution is 5.79. The molecule has 0 saturated carbocycles. The molecule has 1 aliphatic heterocycles. The number of ether oxygens (including phenoxy) is 2. The summed E-state index contributed by atoms with van der Waals surface area (Å²) < 4.78 is 10.7. The van der Waals surface area contributed by atoms with E-state index in [9.17, 15) is 9.59 Å². The summed E-state index contributed by atoms with van der Waals surface area (Å²) in [7, 11) is 0. The maximum Gasteiger partial charge on any atom is 0.308 e. The zero-order valence-corrected chi connectivity index (χ0v) is 12.6. The second kappa shape index (κ2) is 7.79. The van der Waals surface area contributed by atoms with Crippen molar-refractivity contribution >= 4 is 11.9 Å². The predicted octanol–water partition coefficient (Wildman–Crippen LogP) is 1.26. The average Bonchev–Trinajstić information content (AvgIpc) is 2.90. The minimum absolute atomic E-state index is 0.0251. The van der Waals surface area contributed by atoms with Crippen LogP contribution in [-0.2, 0) is 14.3 Å². The molecule has 0 spiro atoms. The van der Waals surface area contributed by atoms with Crippen molar-refractivity contribution in [2.24, 2.45) is 11.8 Å². The highest BCUT2D eigenvalue weighted by Gasteiger charge is 2.36. The summed E-state index contributed by atoms with van der Waals surface area (Å²) in [6, 6.07) is 9.37. The lowest BCUT2D eigenvalue weighted by molar-refractivity contribution is -0.142. The Bertz CT molecular complexity index is 505. The van der Waals surface area contributed by atoms with Crippen LogP contribution >= 0.6 is 0 Å². The molecule has 1 aliphatic rings. The fraction of sp³-hybridized carbons (Fsp3) is 0.500. The van der Waals surface area contributed by atoms with Gasteiger partial charge in [0, 0.05) is 13.1 Å². The molecule has 1 aromatic rings. The number of nitrogens with zero attached hydrogens (tertiary/aromatic N) is 1. The third kappa shape index (κ3) is 4.46. The molecule has 1 saturated heterocycles. The van der Waals surface area contributed by atoms with E-state index in [0.717, 1.165) is 5.75 Å². The second-order valence-electron chi connectivity index (χ2n) is 5.43. The Labute approximate surface area is 129 Å². The molecular weight excluding hydrogens is 286 g/mol. The highest BCUT2D eigenvalue weighted by Crippen LogP contribution is 2.23. The quantitative estimate of drug-likeness (QED) is 0.768. The van der Waals surface area contributed by atoms with E-state index < -0.39 is 11.9 Å². The zero-order chi connectivity index (χ0) is 15.9. The van der Waals surface area contributed by atoms with Gasteiger partial charge in [-0.25, -0.2) is 0 Å². The molecule has 6 heteroatoms. The van der Waals surface area contributed by atoms with E-state index in [0.29, 0.717) is 19.8 Å². The minimum atomic E-state index is -0.847. The van der Waals surface area contributed by atoms with E-state index in [1.807, 2.05) is 37.3 Å². The molecule has 1 fully saturated rings. The van der Waals surface area contributed by atoms with Crippen LogP contribution < -0.4 is 4.74 Å². The fourth-order valence-corrected chi connectivity index (χ4v) is 2.48. The molecule has 0 aromatic heterocycles. The number of para-hydroxylation sites is 1. The molecule has 0 radical (unpaired) electrons. The normalized spacial score (nSPS) is 20.9. The summed E-state index contributed by atoms with van der Waals surface area (Å²) in [5, 5.41) is 9.05. The van der Waals surface area contributed by atoms with E-state index in [4.69, 9.17) is 14.6 Å². The Balaban J connectivity index is 1.63. The van der Waals surface area contributed by atoms with E-state index >= 15 is 0 Å². The molecule has 0 unspecified atom stereocenters. The van der Waals surface area contributed by atoms with Crippen molar-refractivity contribution in [3.8, 4) is 5.75 Å². The maximum absolute atomic E-state index is 12.0. The molecule has 1 N–H and O–H groups in total. The third-order valence-electron chi connectivity index (χ3n) is 3.75. The van der Waals surface area contributed by atoms with E-state index in [-0.39, 0.29) is 25.0 Å². The third-order valence-corrected chi connectivity index (χ3v) is 3.75.